The van der Waals surface area contributed by atoms with Gasteiger partial charge >= 0.3 is 0 Å². The predicted molar refractivity (Wildman–Crippen MR) is 158 cm³/mol. The van der Waals surface area contributed by atoms with Gasteiger partial charge in [0, 0.05) is 39.6 Å². The zero-order valence-electron chi connectivity index (χ0n) is 23.7. The van der Waals surface area contributed by atoms with Crippen LogP contribution in [0.25, 0.3) is 11.3 Å². The van der Waals surface area contributed by atoms with Crippen LogP contribution in [0.5, 0.6) is 5.88 Å². The summed E-state index contributed by atoms with van der Waals surface area (Å²) < 4.78 is 9.42. The first-order valence-electron chi connectivity index (χ1n) is 13.2. The van der Waals surface area contributed by atoms with Gasteiger partial charge in [-0.1, -0.05) is 23.7 Å². The molecule has 1 aliphatic heterocycles. The molecular weight excluding hydrogens is 542 g/mol. The maximum atomic E-state index is 14.2. The van der Waals surface area contributed by atoms with Crippen LogP contribution in [0.2, 0.25) is 5.02 Å². The van der Waals surface area contributed by atoms with Gasteiger partial charge in [-0.15, -0.1) is 0 Å². The highest BCUT2D eigenvalue weighted by Gasteiger charge is 2.44. The van der Waals surface area contributed by atoms with E-state index in [9.17, 15) is 14.9 Å². The highest BCUT2D eigenvalue weighted by molar-refractivity contribution is 6.30. The van der Waals surface area contributed by atoms with E-state index in [-0.39, 0.29) is 22.5 Å². The molecule has 1 aliphatic rings. The summed E-state index contributed by atoms with van der Waals surface area (Å²) in [6, 6.07) is 12.1. The number of fused-ring (bicyclic) bond motifs is 1. The first-order valence-corrected chi connectivity index (χ1v) is 13.6. The number of carbonyl (C=O) groups is 1. The number of aryl methyl sites for hydroxylation is 1. The van der Waals surface area contributed by atoms with Gasteiger partial charge in [0.05, 0.1) is 46.4 Å². The highest BCUT2D eigenvalue weighted by Crippen LogP contribution is 2.47. The van der Waals surface area contributed by atoms with E-state index in [1.54, 1.807) is 41.4 Å². The number of nitrogens with zero attached hydrogens (tertiary/aromatic N) is 7. The Bertz CT molecular complexity index is 1720. The molecule has 0 N–H and O–H groups in total. The van der Waals surface area contributed by atoms with E-state index in [0.717, 1.165) is 17.0 Å². The highest BCUT2D eigenvalue weighted by atomic mass is 35.5. The summed E-state index contributed by atoms with van der Waals surface area (Å²) in [5.41, 5.74) is 4.14. The van der Waals surface area contributed by atoms with E-state index in [2.05, 4.69) is 20.6 Å². The molecule has 4 aromatic rings. The fourth-order valence-corrected chi connectivity index (χ4v) is 5.46. The number of anilines is 2. The van der Waals surface area contributed by atoms with Crippen LogP contribution in [-0.2, 0) is 7.05 Å². The van der Waals surface area contributed by atoms with Gasteiger partial charge in [-0.05, 0) is 50.6 Å². The Morgan fingerprint density at radius 3 is 2.44 bits per heavy atom. The molecular formula is C30H30ClN7O3. The van der Waals surface area contributed by atoms with Crippen molar-refractivity contribution in [2.45, 2.75) is 32.9 Å². The Labute approximate surface area is 243 Å². The first kappa shape index (κ1) is 27.9. The van der Waals surface area contributed by atoms with Crippen molar-refractivity contribution in [1.29, 1.82) is 5.26 Å². The molecule has 3 aromatic heterocycles. The largest absolute Gasteiger partial charge is 0.477 e. The zero-order valence-corrected chi connectivity index (χ0v) is 24.5. The Morgan fingerprint density at radius 1 is 1.15 bits per heavy atom. The van der Waals surface area contributed by atoms with Crippen molar-refractivity contribution in [2.75, 3.05) is 30.5 Å². The monoisotopic (exact) mass is 571 g/mol. The molecule has 41 heavy (non-hydrogen) atoms. The van der Waals surface area contributed by atoms with E-state index < -0.39 is 6.04 Å². The van der Waals surface area contributed by atoms with Crippen molar-refractivity contribution in [1.82, 2.24) is 19.1 Å². The lowest BCUT2D eigenvalue weighted by atomic mass is 10.0. The lowest BCUT2D eigenvalue weighted by molar-refractivity contribution is 0.0993. The van der Waals surface area contributed by atoms with Crippen molar-refractivity contribution >= 4 is 29.1 Å². The number of ether oxygens (including phenoxy) is 1. The molecule has 0 saturated carbocycles. The Kier molecular flexibility index (Phi) is 7.32. The third kappa shape index (κ3) is 4.72. The molecule has 11 heteroatoms. The van der Waals surface area contributed by atoms with E-state index in [1.807, 2.05) is 53.1 Å². The number of pyridine rings is 1. The summed E-state index contributed by atoms with van der Waals surface area (Å²) >= 11 is 6.29. The standard InChI is InChI=1S/C30H30ClN7O3/c1-7-41-27-22(15-33-30(34-27)35(4)5)24-13-21-26(37(24)17(2)3)25(19-10-8-18(14-32)9-11-19)38(28(21)39)20-12-23(31)29(40)36(6)16-20/h8-13,15-17,25H,7H2,1-6H3. The number of rotatable bonds is 7. The second-order valence-electron chi connectivity index (χ2n) is 10.3. The molecule has 0 aliphatic carbocycles. The molecule has 0 bridgehead atoms. The van der Waals surface area contributed by atoms with Gasteiger partial charge in [-0.25, -0.2) is 4.98 Å². The minimum Gasteiger partial charge on any atom is -0.477 e. The van der Waals surface area contributed by atoms with Gasteiger partial charge in [-0.3, -0.25) is 14.5 Å². The Morgan fingerprint density at radius 2 is 1.85 bits per heavy atom. The van der Waals surface area contributed by atoms with Crippen LogP contribution in [0.4, 0.5) is 11.6 Å². The number of amides is 1. The predicted octanol–water partition coefficient (Wildman–Crippen LogP) is 4.96. The number of halogens is 1. The van der Waals surface area contributed by atoms with Crippen LogP contribution in [0.1, 0.15) is 60.0 Å². The second-order valence-corrected chi connectivity index (χ2v) is 10.7. The number of hydrogen-bond acceptors (Lipinski definition) is 7. The third-order valence-electron chi connectivity index (χ3n) is 7.02. The quantitative estimate of drug-likeness (QED) is 0.308. The molecule has 1 unspecified atom stereocenters. The van der Waals surface area contributed by atoms with Gasteiger partial charge in [-0.2, -0.15) is 10.2 Å². The lowest BCUT2D eigenvalue weighted by Crippen LogP contribution is -2.31. The van der Waals surface area contributed by atoms with E-state index >= 15 is 0 Å². The number of benzene rings is 1. The van der Waals surface area contributed by atoms with Crippen molar-refractivity contribution in [2.24, 2.45) is 7.05 Å². The van der Waals surface area contributed by atoms with Gasteiger partial charge in [0.25, 0.3) is 11.5 Å². The van der Waals surface area contributed by atoms with Gasteiger partial charge < -0.3 is 18.8 Å². The van der Waals surface area contributed by atoms with E-state index in [4.69, 9.17) is 16.3 Å². The molecule has 1 aromatic carbocycles. The maximum Gasteiger partial charge on any atom is 0.269 e. The fourth-order valence-electron chi connectivity index (χ4n) is 5.22. The van der Waals surface area contributed by atoms with Crippen LogP contribution in [0.3, 0.4) is 0 Å². The molecule has 0 fully saturated rings. The summed E-state index contributed by atoms with van der Waals surface area (Å²) in [6.45, 7) is 6.40. The molecule has 4 heterocycles. The number of aromatic nitrogens is 4. The van der Waals surface area contributed by atoms with Gasteiger partial charge in [0.15, 0.2) is 0 Å². The SMILES string of the molecule is CCOc1nc(N(C)C)ncc1-c1cc2c(n1C(C)C)C(c1ccc(C#N)cc1)N(c1cc(Cl)c(=O)n(C)c1)C2=O. The molecule has 1 atom stereocenters. The fraction of sp³-hybridized carbons (Fsp3) is 0.300. The van der Waals surface area contributed by atoms with Crippen LogP contribution >= 0.6 is 11.6 Å². The lowest BCUT2D eigenvalue weighted by Gasteiger charge is -2.29. The molecule has 0 radical (unpaired) electrons. The minimum absolute atomic E-state index is 0.0138. The van der Waals surface area contributed by atoms with Crippen LogP contribution in [-0.4, -0.2) is 45.7 Å². The van der Waals surface area contributed by atoms with Crippen molar-refractivity contribution in [3.8, 4) is 23.2 Å². The first-order chi connectivity index (χ1) is 19.6. The number of hydrogen-bond donors (Lipinski definition) is 0. The molecule has 10 nitrogen and oxygen atoms in total. The van der Waals surface area contributed by atoms with Crippen molar-refractivity contribution in [3.63, 3.8) is 0 Å². The third-order valence-corrected chi connectivity index (χ3v) is 7.29. The summed E-state index contributed by atoms with van der Waals surface area (Å²) in [5, 5.41) is 9.40. The second kappa shape index (κ2) is 10.7. The van der Waals surface area contributed by atoms with Gasteiger partial charge in [0.2, 0.25) is 11.8 Å². The van der Waals surface area contributed by atoms with Crippen LogP contribution < -0.4 is 20.1 Å². The smallest absolute Gasteiger partial charge is 0.269 e. The topological polar surface area (TPSA) is 109 Å². The van der Waals surface area contributed by atoms with Crippen molar-refractivity contribution in [3.05, 3.63) is 86.6 Å². The summed E-state index contributed by atoms with van der Waals surface area (Å²) in [4.78, 5) is 39.2. The molecule has 210 valence electrons. The summed E-state index contributed by atoms with van der Waals surface area (Å²) in [6.07, 6.45) is 3.33. The normalized spacial score (nSPS) is 14.4. The molecule has 1 amide bonds. The van der Waals surface area contributed by atoms with Crippen LogP contribution in [0.15, 0.2) is 53.6 Å². The van der Waals surface area contributed by atoms with E-state index in [1.165, 1.54) is 10.6 Å². The summed E-state index contributed by atoms with van der Waals surface area (Å²) in [5.74, 6) is 0.693. The number of nitriles is 1. The summed E-state index contributed by atoms with van der Waals surface area (Å²) in [7, 11) is 5.31. The minimum atomic E-state index is -0.563. The molecule has 0 saturated heterocycles. The molecule has 0 spiro atoms. The van der Waals surface area contributed by atoms with Gasteiger partial charge in [0.1, 0.15) is 11.1 Å². The zero-order chi connectivity index (χ0) is 29.6. The Hall–Kier alpha value is -4.62. The average Bonchev–Trinajstić information content (AvgIpc) is 3.46. The average molecular weight is 572 g/mol. The Balaban J connectivity index is 1.78. The molecule has 5 rings (SSSR count). The van der Waals surface area contributed by atoms with E-state index in [0.29, 0.717) is 40.8 Å². The van der Waals surface area contributed by atoms with Crippen LogP contribution in [0, 0.1) is 11.3 Å². The number of carbonyl (C=O) groups excluding carboxylic acids is 1. The van der Waals surface area contributed by atoms with Crippen molar-refractivity contribution < 1.29 is 9.53 Å². The maximum absolute atomic E-state index is 14.2.